The molecule has 1 saturated carbocycles. The van der Waals surface area contributed by atoms with Gasteiger partial charge in [0, 0.05) is 6.42 Å². The molecule has 3 nitrogen and oxygen atoms in total. The van der Waals surface area contributed by atoms with Crippen LogP contribution < -0.4 is 5.32 Å². The minimum absolute atomic E-state index is 0.101. The zero-order chi connectivity index (χ0) is 14.2. The fourth-order valence-corrected chi connectivity index (χ4v) is 4.23. The van der Waals surface area contributed by atoms with Gasteiger partial charge in [0.1, 0.15) is 0 Å². The quantitative estimate of drug-likeness (QED) is 0.798. The summed E-state index contributed by atoms with van der Waals surface area (Å²) in [4.78, 5) is 24.4. The number of carbonyl (C=O) groups is 2. The molecule has 1 heterocycles. The average Bonchev–Trinajstić information content (AvgIpc) is 2.38. The lowest BCUT2D eigenvalue weighted by atomic mass is 9.58. The molecule has 1 N–H and O–H groups in total. The second-order valence-electron chi connectivity index (χ2n) is 6.50. The van der Waals surface area contributed by atoms with Crippen LogP contribution in [0.25, 0.3) is 0 Å². The lowest BCUT2D eigenvalue weighted by molar-refractivity contribution is -0.142. The van der Waals surface area contributed by atoms with Gasteiger partial charge in [0.15, 0.2) is 0 Å². The van der Waals surface area contributed by atoms with Crippen molar-refractivity contribution in [3.05, 3.63) is 35.9 Å². The van der Waals surface area contributed by atoms with Gasteiger partial charge in [-0.2, -0.15) is 0 Å². The van der Waals surface area contributed by atoms with E-state index in [1.54, 1.807) is 0 Å². The van der Waals surface area contributed by atoms with E-state index in [0.717, 1.165) is 24.8 Å². The van der Waals surface area contributed by atoms with Gasteiger partial charge in [-0.25, -0.2) is 0 Å². The maximum absolute atomic E-state index is 12.5. The number of imide groups is 1. The lowest BCUT2D eigenvalue weighted by Gasteiger charge is -2.47. The Morgan fingerprint density at radius 2 is 1.95 bits per heavy atom. The van der Waals surface area contributed by atoms with Crippen LogP contribution in [0.5, 0.6) is 0 Å². The third-order valence-electron chi connectivity index (χ3n) is 4.91. The molecule has 0 aromatic heterocycles. The van der Waals surface area contributed by atoms with Gasteiger partial charge >= 0.3 is 0 Å². The number of hydrogen-bond donors (Lipinski definition) is 1. The van der Waals surface area contributed by atoms with Crippen LogP contribution in [0.1, 0.15) is 50.5 Å². The zero-order valence-electron chi connectivity index (χ0n) is 11.9. The molecule has 1 aliphatic carbocycles. The molecule has 1 aromatic carbocycles. The predicted octanol–water partition coefficient (Wildman–Crippen LogP) is 3.01. The minimum atomic E-state index is -0.177. The minimum Gasteiger partial charge on any atom is -0.296 e. The van der Waals surface area contributed by atoms with Gasteiger partial charge in [-0.1, -0.05) is 50.1 Å². The fraction of sp³-hybridized carbons (Fsp3) is 0.529. The van der Waals surface area contributed by atoms with Crippen LogP contribution in [-0.4, -0.2) is 11.8 Å². The van der Waals surface area contributed by atoms with E-state index < -0.39 is 0 Å². The highest BCUT2D eigenvalue weighted by molar-refractivity contribution is 6.02. The summed E-state index contributed by atoms with van der Waals surface area (Å²) in [6.45, 7) is 2.24. The Hall–Kier alpha value is -1.64. The monoisotopic (exact) mass is 271 g/mol. The summed E-state index contributed by atoms with van der Waals surface area (Å²) in [6.07, 6.45) is 4.77. The van der Waals surface area contributed by atoms with Gasteiger partial charge in [-0.3, -0.25) is 14.9 Å². The molecule has 2 aliphatic rings. The van der Waals surface area contributed by atoms with E-state index in [9.17, 15) is 9.59 Å². The Kier molecular flexibility index (Phi) is 3.36. The third kappa shape index (κ3) is 2.26. The number of hydrogen-bond acceptors (Lipinski definition) is 2. The smallest absolute Gasteiger partial charge is 0.234 e. The molecule has 1 spiro atoms. The van der Waals surface area contributed by atoms with Crippen molar-refractivity contribution in [1.29, 1.82) is 0 Å². The summed E-state index contributed by atoms with van der Waals surface area (Å²) in [5.41, 5.74) is 0.880. The molecule has 3 rings (SSSR count). The van der Waals surface area contributed by atoms with Crippen molar-refractivity contribution in [1.82, 2.24) is 5.32 Å². The van der Waals surface area contributed by atoms with Crippen molar-refractivity contribution in [3.63, 3.8) is 0 Å². The molecule has 0 bridgehead atoms. The summed E-state index contributed by atoms with van der Waals surface area (Å²) in [5.74, 6) is 0.204. The highest BCUT2D eigenvalue weighted by Gasteiger charge is 2.50. The Balaban J connectivity index is 2.02. The van der Waals surface area contributed by atoms with E-state index in [4.69, 9.17) is 0 Å². The standard InChI is InChI=1S/C17H21NO2/c1-12-6-5-9-17(10-12)11-14(19)18-16(20)15(17)13-7-3-2-4-8-13/h2-4,7-8,12,15H,5-6,9-11H2,1H3,(H,18,19,20). The van der Waals surface area contributed by atoms with E-state index >= 15 is 0 Å². The number of amides is 2. The van der Waals surface area contributed by atoms with Crippen molar-refractivity contribution in [2.24, 2.45) is 11.3 Å². The number of benzene rings is 1. The second-order valence-corrected chi connectivity index (χ2v) is 6.50. The number of carbonyl (C=O) groups excluding carboxylic acids is 2. The van der Waals surface area contributed by atoms with Crippen LogP contribution in [0.3, 0.4) is 0 Å². The number of rotatable bonds is 1. The first-order valence-corrected chi connectivity index (χ1v) is 7.49. The summed E-state index contributed by atoms with van der Waals surface area (Å²) in [6, 6.07) is 9.94. The maximum atomic E-state index is 12.5. The molecular weight excluding hydrogens is 250 g/mol. The summed E-state index contributed by atoms with van der Waals surface area (Å²) in [7, 11) is 0. The van der Waals surface area contributed by atoms with Gasteiger partial charge in [0.05, 0.1) is 5.92 Å². The van der Waals surface area contributed by atoms with Gasteiger partial charge in [0.2, 0.25) is 11.8 Å². The largest absolute Gasteiger partial charge is 0.296 e. The van der Waals surface area contributed by atoms with E-state index in [2.05, 4.69) is 12.2 Å². The molecular formula is C17H21NO2. The van der Waals surface area contributed by atoms with Gasteiger partial charge in [-0.15, -0.1) is 0 Å². The molecule has 1 aromatic rings. The lowest BCUT2D eigenvalue weighted by Crippen LogP contribution is -2.52. The van der Waals surface area contributed by atoms with Crippen LogP contribution >= 0.6 is 0 Å². The Bertz CT molecular complexity index is 525. The van der Waals surface area contributed by atoms with Crippen molar-refractivity contribution < 1.29 is 9.59 Å². The SMILES string of the molecule is CC1CCCC2(CC(=O)NC(=O)C2c2ccccc2)C1. The average molecular weight is 271 g/mol. The molecule has 2 amide bonds. The molecule has 3 atom stereocenters. The molecule has 1 aliphatic heterocycles. The Labute approximate surface area is 119 Å². The van der Waals surface area contributed by atoms with Gasteiger partial charge in [-0.05, 0) is 29.7 Å². The summed E-state index contributed by atoms with van der Waals surface area (Å²) in [5, 5.41) is 2.54. The van der Waals surface area contributed by atoms with Crippen molar-refractivity contribution in [2.75, 3.05) is 0 Å². The highest BCUT2D eigenvalue weighted by atomic mass is 16.2. The highest BCUT2D eigenvalue weighted by Crippen LogP contribution is 2.52. The predicted molar refractivity (Wildman–Crippen MR) is 77.0 cm³/mol. The van der Waals surface area contributed by atoms with Crippen molar-refractivity contribution in [3.8, 4) is 0 Å². The second kappa shape index (κ2) is 5.04. The van der Waals surface area contributed by atoms with Gasteiger partial charge in [0.25, 0.3) is 0 Å². The van der Waals surface area contributed by atoms with E-state index in [0.29, 0.717) is 12.3 Å². The van der Waals surface area contributed by atoms with Crippen molar-refractivity contribution in [2.45, 2.75) is 44.9 Å². The molecule has 20 heavy (non-hydrogen) atoms. The van der Waals surface area contributed by atoms with Crippen LogP contribution in [0, 0.1) is 11.3 Å². The van der Waals surface area contributed by atoms with Crippen LogP contribution in [0.15, 0.2) is 30.3 Å². The Morgan fingerprint density at radius 1 is 1.20 bits per heavy atom. The van der Waals surface area contributed by atoms with Crippen LogP contribution in [0.2, 0.25) is 0 Å². The number of piperidine rings is 1. The van der Waals surface area contributed by atoms with E-state index in [1.807, 2.05) is 30.3 Å². The van der Waals surface area contributed by atoms with E-state index in [1.165, 1.54) is 6.42 Å². The molecule has 1 saturated heterocycles. The van der Waals surface area contributed by atoms with Crippen LogP contribution in [-0.2, 0) is 9.59 Å². The molecule has 0 radical (unpaired) electrons. The first-order chi connectivity index (χ1) is 9.61. The molecule has 106 valence electrons. The van der Waals surface area contributed by atoms with Crippen LogP contribution in [0.4, 0.5) is 0 Å². The Morgan fingerprint density at radius 3 is 2.65 bits per heavy atom. The molecule has 2 fully saturated rings. The normalized spacial score (nSPS) is 34.0. The topological polar surface area (TPSA) is 46.2 Å². The fourth-order valence-electron chi connectivity index (χ4n) is 4.23. The van der Waals surface area contributed by atoms with Gasteiger partial charge < -0.3 is 0 Å². The molecule has 3 unspecified atom stereocenters. The van der Waals surface area contributed by atoms with Crippen molar-refractivity contribution >= 4 is 11.8 Å². The number of nitrogens with one attached hydrogen (secondary N) is 1. The zero-order valence-corrected chi connectivity index (χ0v) is 11.9. The third-order valence-corrected chi connectivity index (χ3v) is 4.91. The maximum Gasteiger partial charge on any atom is 0.234 e. The van der Waals surface area contributed by atoms with E-state index in [-0.39, 0.29) is 23.1 Å². The first kappa shape index (κ1) is 13.3. The summed E-state index contributed by atoms with van der Waals surface area (Å²) < 4.78 is 0. The summed E-state index contributed by atoms with van der Waals surface area (Å²) >= 11 is 0. The molecule has 3 heteroatoms. The first-order valence-electron chi connectivity index (χ1n) is 7.49.